The molecule has 0 heterocycles. The van der Waals surface area contributed by atoms with Gasteiger partial charge < -0.3 is 10.5 Å². The van der Waals surface area contributed by atoms with Crippen LogP contribution in [0.4, 0.5) is 0 Å². The van der Waals surface area contributed by atoms with Gasteiger partial charge in [0.15, 0.2) is 0 Å². The van der Waals surface area contributed by atoms with Gasteiger partial charge in [-0.1, -0.05) is 48.9 Å². The van der Waals surface area contributed by atoms with Crippen molar-refractivity contribution in [3.8, 4) is 0 Å². The van der Waals surface area contributed by atoms with Gasteiger partial charge in [0.2, 0.25) is 0 Å². The van der Waals surface area contributed by atoms with E-state index >= 15 is 0 Å². The normalized spacial score (nSPS) is 23.0. The molecule has 0 spiro atoms. The predicted octanol–water partition coefficient (Wildman–Crippen LogP) is 3.48. The van der Waals surface area contributed by atoms with Crippen LogP contribution in [0.2, 0.25) is 0 Å². The molecular formula is C17H21NO. The van der Waals surface area contributed by atoms with Crippen molar-refractivity contribution in [3.05, 3.63) is 48.0 Å². The van der Waals surface area contributed by atoms with Crippen LogP contribution in [0.3, 0.4) is 0 Å². The molecule has 1 aliphatic rings. The highest BCUT2D eigenvalue weighted by Crippen LogP contribution is 2.29. The van der Waals surface area contributed by atoms with E-state index < -0.39 is 0 Å². The first-order valence-electron chi connectivity index (χ1n) is 7.17. The zero-order valence-corrected chi connectivity index (χ0v) is 11.2. The number of fused-ring (bicyclic) bond motifs is 1. The van der Waals surface area contributed by atoms with Crippen LogP contribution in [0, 0.1) is 5.92 Å². The molecule has 0 bridgehead atoms. The molecule has 2 nitrogen and oxygen atoms in total. The summed E-state index contributed by atoms with van der Waals surface area (Å²) in [4.78, 5) is 0. The predicted molar refractivity (Wildman–Crippen MR) is 78.9 cm³/mol. The first kappa shape index (κ1) is 12.6. The highest BCUT2D eigenvalue weighted by Gasteiger charge is 2.26. The van der Waals surface area contributed by atoms with E-state index in [2.05, 4.69) is 42.5 Å². The number of hydrogen-bond acceptors (Lipinski definition) is 2. The lowest BCUT2D eigenvalue weighted by atomic mass is 10.0. The molecule has 0 aromatic heterocycles. The van der Waals surface area contributed by atoms with Crippen LogP contribution < -0.4 is 5.73 Å². The van der Waals surface area contributed by atoms with E-state index in [4.69, 9.17) is 10.5 Å². The Bertz CT molecular complexity index is 546. The van der Waals surface area contributed by atoms with E-state index in [0.717, 1.165) is 13.0 Å². The minimum absolute atomic E-state index is 0.351. The van der Waals surface area contributed by atoms with E-state index in [1.165, 1.54) is 29.2 Å². The first-order valence-corrected chi connectivity index (χ1v) is 7.17. The summed E-state index contributed by atoms with van der Waals surface area (Å²) in [5, 5.41) is 2.58. The standard InChI is InChI=1S/C17H21NO/c18-11-14-7-4-10-17(14)19-12-15-8-3-6-13-5-1-2-9-16(13)15/h1-3,5-6,8-9,14,17H,4,7,10-12,18H2. The molecule has 3 rings (SSSR count). The van der Waals surface area contributed by atoms with Gasteiger partial charge in [-0.15, -0.1) is 0 Å². The van der Waals surface area contributed by atoms with Gasteiger partial charge in [0, 0.05) is 0 Å². The van der Waals surface area contributed by atoms with E-state index in [9.17, 15) is 0 Å². The second kappa shape index (κ2) is 5.72. The number of benzene rings is 2. The van der Waals surface area contributed by atoms with E-state index in [-0.39, 0.29) is 0 Å². The largest absolute Gasteiger partial charge is 0.373 e. The lowest BCUT2D eigenvalue weighted by molar-refractivity contribution is 0.0188. The Balaban J connectivity index is 1.75. The number of rotatable bonds is 4. The molecule has 2 unspecified atom stereocenters. The molecule has 0 amide bonds. The summed E-state index contributed by atoms with van der Waals surface area (Å²) >= 11 is 0. The molecule has 0 aliphatic heterocycles. The molecule has 2 heteroatoms. The Morgan fingerprint density at radius 2 is 1.89 bits per heavy atom. The Morgan fingerprint density at radius 1 is 1.05 bits per heavy atom. The lowest BCUT2D eigenvalue weighted by Gasteiger charge is -2.19. The number of hydrogen-bond donors (Lipinski definition) is 1. The zero-order chi connectivity index (χ0) is 13.1. The quantitative estimate of drug-likeness (QED) is 0.907. The van der Waals surface area contributed by atoms with Crippen LogP contribution in [0.25, 0.3) is 10.8 Å². The van der Waals surface area contributed by atoms with Crippen molar-refractivity contribution in [2.24, 2.45) is 11.7 Å². The van der Waals surface area contributed by atoms with Gasteiger partial charge in [-0.05, 0) is 41.6 Å². The van der Waals surface area contributed by atoms with Crippen molar-refractivity contribution in [2.45, 2.75) is 32.0 Å². The maximum absolute atomic E-state index is 6.12. The highest BCUT2D eigenvalue weighted by molar-refractivity contribution is 5.85. The molecule has 1 fully saturated rings. The fraction of sp³-hybridized carbons (Fsp3) is 0.412. The second-order valence-corrected chi connectivity index (χ2v) is 5.41. The van der Waals surface area contributed by atoms with Crippen molar-refractivity contribution in [1.29, 1.82) is 0 Å². The van der Waals surface area contributed by atoms with Crippen LogP contribution in [-0.2, 0) is 11.3 Å². The van der Waals surface area contributed by atoms with Crippen LogP contribution >= 0.6 is 0 Å². The van der Waals surface area contributed by atoms with Gasteiger partial charge in [-0.25, -0.2) is 0 Å². The molecule has 1 aliphatic carbocycles. The van der Waals surface area contributed by atoms with Crippen LogP contribution in [-0.4, -0.2) is 12.6 Å². The summed E-state index contributed by atoms with van der Waals surface area (Å²) in [5.74, 6) is 0.551. The lowest BCUT2D eigenvalue weighted by Crippen LogP contribution is -2.25. The molecule has 0 saturated heterocycles. The average Bonchev–Trinajstić information content (AvgIpc) is 2.92. The van der Waals surface area contributed by atoms with E-state index in [0.29, 0.717) is 18.6 Å². The van der Waals surface area contributed by atoms with Gasteiger partial charge >= 0.3 is 0 Å². The zero-order valence-electron chi connectivity index (χ0n) is 11.2. The van der Waals surface area contributed by atoms with Gasteiger partial charge in [-0.3, -0.25) is 0 Å². The monoisotopic (exact) mass is 255 g/mol. The van der Waals surface area contributed by atoms with Gasteiger partial charge in [-0.2, -0.15) is 0 Å². The van der Waals surface area contributed by atoms with Gasteiger partial charge in [0.25, 0.3) is 0 Å². The third-order valence-corrected chi connectivity index (χ3v) is 4.22. The van der Waals surface area contributed by atoms with Crippen molar-refractivity contribution in [1.82, 2.24) is 0 Å². The highest BCUT2D eigenvalue weighted by atomic mass is 16.5. The summed E-state index contributed by atoms with van der Waals surface area (Å²) in [6.45, 7) is 1.45. The molecule has 2 aromatic carbocycles. The molecule has 2 atom stereocenters. The first-order chi connectivity index (χ1) is 9.38. The molecule has 0 radical (unpaired) electrons. The van der Waals surface area contributed by atoms with E-state index in [1.807, 2.05) is 0 Å². The third-order valence-electron chi connectivity index (χ3n) is 4.22. The van der Waals surface area contributed by atoms with Gasteiger partial charge in [0.05, 0.1) is 12.7 Å². The molecule has 2 aromatic rings. The molecule has 2 N–H and O–H groups in total. The molecule has 19 heavy (non-hydrogen) atoms. The molecule has 100 valence electrons. The van der Waals surface area contributed by atoms with Crippen LogP contribution in [0.15, 0.2) is 42.5 Å². The summed E-state index contributed by atoms with van der Waals surface area (Å²) in [6.07, 6.45) is 3.98. The Labute approximate surface area is 114 Å². The topological polar surface area (TPSA) is 35.2 Å². The van der Waals surface area contributed by atoms with Crippen molar-refractivity contribution >= 4 is 10.8 Å². The summed E-state index contributed by atoms with van der Waals surface area (Å²) < 4.78 is 6.12. The van der Waals surface area contributed by atoms with Crippen LogP contribution in [0.1, 0.15) is 24.8 Å². The van der Waals surface area contributed by atoms with Crippen molar-refractivity contribution in [2.75, 3.05) is 6.54 Å². The summed E-state index contributed by atoms with van der Waals surface area (Å²) in [7, 11) is 0. The summed E-state index contributed by atoms with van der Waals surface area (Å²) in [6, 6.07) is 14.9. The van der Waals surface area contributed by atoms with Gasteiger partial charge in [0.1, 0.15) is 0 Å². The SMILES string of the molecule is NCC1CCCC1OCc1cccc2ccccc12. The number of nitrogens with two attached hydrogens (primary N) is 1. The smallest absolute Gasteiger partial charge is 0.0726 e. The fourth-order valence-electron chi connectivity index (χ4n) is 3.11. The molecular weight excluding hydrogens is 234 g/mol. The maximum Gasteiger partial charge on any atom is 0.0726 e. The third kappa shape index (κ3) is 2.65. The summed E-state index contributed by atoms with van der Waals surface area (Å²) in [5.41, 5.74) is 7.08. The van der Waals surface area contributed by atoms with E-state index in [1.54, 1.807) is 0 Å². The maximum atomic E-state index is 6.12. The Hall–Kier alpha value is -1.38. The minimum atomic E-state index is 0.351. The number of ether oxygens (including phenoxy) is 1. The average molecular weight is 255 g/mol. The van der Waals surface area contributed by atoms with Crippen molar-refractivity contribution < 1.29 is 4.74 Å². The minimum Gasteiger partial charge on any atom is -0.373 e. The van der Waals surface area contributed by atoms with Crippen LogP contribution in [0.5, 0.6) is 0 Å². The fourth-order valence-corrected chi connectivity index (χ4v) is 3.11. The van der Waals surface area contributed by atoms with Crippen molar-refractivity contribution in [3.63, 3.8) is 0 Å². The molecule has 1 saturated carbocycles. The Morgan fingerprint density at radius 3 is 2.79 bits per heavy atom. The second-order valence-electron chi connectivity index (χ2n) is 5.41. The Kier molecular flexibility index (Phi) is 3.81.